The first-order chi connectivity index (χ1) is 9.72. The average Bonchev–Trinajstić information content (AvgIpc) is 3.18. The van der Waals surface area contributed by atoms with Crippen LogP contribution >= 0.6 is 11.8 Å². The summed E-state index contributed by atoms with van der Waals surface area (Å²) in [5.41, 5.74) is 1.18. The van der Waals surface area contributed by atoms with E-state index in [0.717, 1.165) is 25.1 Å². The van der Waals surface area contributed by atoms with Crippen LogP contribution in [0.3, 0.4) is 0 Å². The van der Waals surface area contributed by atoms with Crippen molar-refractivity contribution in [3.63, 3.8) is 0 Å². The molecule has 2 aliphatic rings. The van der Waals surface area contributed by atoms with Gasteiger partial charge in [-0.25, -0.2) is 0 Å². The van der Waals surface area contributed by atoms with Crippen LogP contribution in [0.4, 0.5) is 5.69 Å². The molecule has 2 amide bonds. The fourth-order valence-corrected chi connectivity index (χ4v) is 2.63. The summed E-state index contributed by atoms with van der Waals surface area (Å²) in [5, 5.41) is 6.28. The van der Waals surface area contributed by atoms with Crippen LogP contribution in [0, 0.1) is 5.92 Å². The number of rotatable bonds is 3. The van der Waals surface area contributed by atoms with Gasteiger partial charge >= 0.3 is 0 Å². The number of nitrogens with one attached hydrogen (secondary N) is 2. The molecule has 1 aromatic carbocycles. The molecule has 0 aromatic heterocycles. The molecule has 20 heavy (non-hydrogen) atoms. The van der Waals surface area contributed by atoms with Crippen molar-refractivity contribution in [1.29, 1.82) is 0 Å². The van der Waals surface area contributed by atoms with Gasteiger partial charge in [-0.15, -0.1) is 0 Å². The number of carbonyl (C=O) groups excluding carboxylic acids is 2. The van der Waals surface area contributed by atoms with E-state index in [-0.39, 0.29) is 17.7 Å². The van der Waals surface area contributed by atoms with Crippen LogP contribution in [0.25, 0.3) is 0 Å². The van der Waals surface area contributed by atoms with Gasteiger partial charge in [-0.1, -0.05) is 17.8 Å². The zero-order valence-electron chi connectivity index (χ0n) is 10.9. The van der Waals surface area contributed by atoms with Crippen LogP contribution < -0.4 is 10.6 Å². The summed E-state index contributed by atoms with van der Waals surface area (Å²) >= 11 is 1.54. The lowest BCUT2D eigenvalue weighted by atomic mass is 10.2. The maximum absolute atomic E-state index is 12.1. The number of aliphatic imine (C=N–C) groups is 1. The van der Waals surface area contributed by atoms with Crippen LogP contribution in [0.1, 0.15) is 23.2 Å². The Bertz CT molecular complexity index is 582. The number of anilines is 1. The Kier molecular flexibility index (Phi) is 3.73. The second-order valence-corrected chi connectivity index (χ2v) is 5.92. The second-order valence-electron chi connectivity index (χ2n) is 4.83. The lowest BCUT2D eigenvalue weighted by Gasteiger charge is -2.07. The smallest absolute Gasteiger partial charge is 0.257 e. The molecule has 0 saturated heterocycles. The first-order valence-electron chi connectivity index (χ1n) is 6.62. The van der Waals surface area contributed by atoms with Crippen LogP contribution in [-0.4, -0.2) is 29.3 Å². The largest absolute Gasteiger partial charge is 0.326 e. The molecule has 0 unspecified atom stereocenters. The topological polar surface area (TPSA) is 70.6 Å². The molecule has 0 bridgehead atoms. The van der Waals surface area contributed by atoms with Gasteiger partial charge in [0.15, 0.2) is 5.17 Å². The minimum Gasteiger partial charge on any atom is -0.326 e. The number of nitrogens with zero attached hydrogens (tertiary/aromatic N) is 1. The molecule has 0 spiro atoms. The van der Waals surface area contributed by atoms with Crippen LogP contribution in [0.15, 0.2) is 29.3 Å². The molecule has 104 valence electrons. The van der Waals surface area contributed by atoms with Crippen molar-refractivity contribution in [2.45, 2.75) is 12.8 Å². The SMILES string of the molecule is O=C(NC1=NCCS1)c1cccc(NC(=O)C2CC2)c1. The van der Waals surface area contributed by atoms with E-state index in [2.05, 4.69) is 15.6 Å². The predicted molar refractivity (Wildman–Crippen MR) is 80.0 cm³/mol. The van der Waals surface area contributed by atoms with E-state index >= 15 is 0 Å². The van der Waals surface area contributed by atoms with Gasteiger partial charge in [0.1, 0.15) is 0 Å². The van der Waals surface area contributed by atoms with Gasteiger partial charge in [0.25, 0.3) is 5.91 Å². The van der Waals surface area contributed by atoms with Crippen LogP contribution in [0.5, 0.6) is 0 Å². The van der Waals surface area contributed by atoms with Crippen molar-refractivity contribution in [3.05, 3.63) is 29.8 Å². The van der Waals surface area contributed by atoms with Gasteiger partial charge in [-0.3, -0.25) is 14.6 Å². The third-order valence-electron chi connectivity index (χ3n) is 3.15. The van der Waals surface area contributed by atoms with Crippen molar-refractivity contribution in [2.75, 3.05) is 17.6 Å². The number of benzene rings is 1. The minimum atomic E-state index is -0.194. The van der Waals surface area contributed by atoms with Crippen LogP contribution in [-0.2, 0) is 4.79 Å². The summed E-state index contributed by atoms with van der Waals surface area (Å²) < 4.78 is 0. The predicted octanol–water partition coefficient (Wildman–Crippen LogP) is 1.87. The van der Waals surface area contributed by atoms with Crippen molar-refractivity contribution < 1.29 is 9.59 Å². The zero-order valence-corrected chi connectivity index (χ0v) is 11.7. The molecular formula is C14H15N3O2S. The van der Waals surface area contributed by atoms with Crippen LogP contribution in [0.2, 0.25) is 0 Å². The molecule has 1 aromatic rings. The maximum Gasteiger partial charge on any atom is 0.257 e. The number of hydrogen-bond acceptors (Lipinski definition) is 4. The monoisotopic (exact) mass is 289 g/mol. The molecule has 1 saturated carbocycles. The van der Waals surface area contributed by atoms with E-state index < -0.39 is 0 Å². The molecule has 0 radical (unpaired) electrons. The normalized spacial score (nSPS) is 17.5. The fraction of sp³-hybridized carbons (Fsp3) is 0.357. The lowest BCUT2D eigenvalue weighted by molar-refractivity contribution is -0.117. The Labute approximate surface area is 121 Å². The van der Waals surface area contributed by atoms with E-state index in [0.29, 0.717) is 16.4 Å². The molecule has 0 atom stereocenters. The standard InChI is InChI=1S/C14H15N3O2S/c18-12(9-4-5-9)16-11-3-1-2-10(8-11)13(19)17-14-15-6-7-20-14/h1-3,8-9H,4-7H2,(H,16,18)(H,15,17,19). The van der Waals surface area contributed by atoms with Crippen molar-refractivity contribution in [2.24, 2.45) is 10.9 Å². The molecule has 5 nitrogen and oxygen atoms in total. The van der Waals surface area contributed by atoms with Gasteiger partial charge in [0.2, 0.25) is 5.91 Å². The van der Waals surface area contributed by atoms with E-state index in [1.165, 1.54) is 0 Å². The number of amides is 2. The Balaban J connectivity index is 1.66. The number of amidine groups is 1. The molecule has 1 aliphatic carbocycles. The van der Waals surface area contributed by atoms with E-state index in [9.17, 15) is 9.59 Å². The molecule has 2 N–H and O–H groups in total. The van der Waals surface area contributed by atoms with Gasteiger partial charge in [-0.05, 0) is 31.0 Å². The third-order valence-corrected chi connectivity index (χ3v) is 4.04. The summed E-state index contributed by atoms with van der Waals surface area (Å²) in [4.78, 5) is 27.9. The minimum absolute atomic E-state index is 0.0401. The molecule has 1 heterocycles. The Morgan fingerprint density at radius 1 is 1.25 bits per heavy atom. The van der Waals surface area contributed by atoms with Gasteiger partial charge in [0.05, 0.1) is 6.54 Å². The molecular weight excluding hydrogens is 274 g/mol. The fourth-order valence-electron chi connectivity index (χ4n) is 1.91. The molecule has 3 rings (SSSR count). The second kappa shape index (κ2) is 5.66. The molecule has 1 aliphatic heterocycles. The van der Waals surface area contributed by atoms with Crippen molar-refractivity contribution in [1.82, 2.24) is 5.32 Å². The average molecular weight is 289 g/mol. The maximum atomic E-state index is 12.1. The summed E-state index contributed by atoms with van der Waals surface area (Å²) in [7, 11) is 0. The van der Waals surface area contributed by atoms with E-state index in [4.69, 9.17) is 0 Å². The van der Waals surface area contributed by atoms with Gasteiger partial charge < -0.3 is 10.6 Å². The van der Waals surface area contributed by atoms with E-state index in [1.807, 2.05) is 0 Å². The summed E-state index contributed by atoms with van der Waals surface area (Å²) in [6.45, 7) is 0.748. The van der Waals surface area contributed by atoms with Gasteiger partial charge in [-0.2, -0.15) is 0 Å². The summed E-state index contributed by atoms with van der Waals surface area (Å²) in [6.07, 6.45) is 1.92. The first kappa shape index (κ1) is 13.2. The third kappa shape index (κ3) is 3.19. The molecule has 6 heteroatoms. The quantitative estimate of drug-likeness (QED) is 0.892. The number of thioether (sulfide) groups is 1. The highest BCUT2D eigenvalue weighted by Gasteiger charge is 2.29. The molecule has 1 fully saturated rings. The van der Waals surface area contributed by atoms with Crippen molar-refractivity contribution >= 4 is 34.4 Å². The van der Waals surface area contributed by atoms with Crippen molar-refractivity contribution in [3.8, 4) is 0 Å². The highest BCUT2D eigenvalue weighted by molar-refractivity contribution is 8.14. The lowest BCUT2D eigenvalue weighted by Crippen LogP contribution is -2.27. The summed E-state index contributed by atoms with van der Waals surface area (Å²) in [5.74, 6) is 0.906. The highest BCUT2D eigenvalue weighted by Crippen LogP contribution is 2.30. The number of hydrogen-bond donors (Lipinski definition) is 2. The zero-order chi connectivity index (χ0) is 13.9. The number of carbonyl (C=O) groups is 2. The Morgan fingerprint density at radius 3 is 2.80 bits per heavy atom. The van der Waals surface area contributed by atoms with Gasteiger partial charge in [0, 0.05) is 22.9 Å². The Morgan fingerprint density at radius 2 is 2.10 bits per heavy atom. The highest BCUT2D eigenvalue weighted by atomic mass is 32.2. The summed E-state index contributed by atoms with van der Waals surface area (Å²) in [6, 6.07) is 6.97. The first-order valence-corrected chi connectivity index (χ1v) is 7.60. The van der Waals surface area contributed by atoms with E-state index in [1.54, 1.807) is 36.0 Å². The Hall–Kier alpha value is -1.82.